The number of benzene rings is 3. The number of nitrogens with one attached hydrogen (secondary N) is 4. The number of thioether (sulfide) groups is 1. The quantitative estimate of drug-likeness (QED) is 0.0877. The van der Waals surface area contributed by atoms with Crippen molar-refractivity contribution >= 4 is 80.3 Å². The smallest absolute Gasteiger partial charge is 0.341 e. The number of ether oxygens (including phenoxy) is 1. The Labute approximate surface area is 258 Å². The average molecular weight is 619 g/mol. The molecule has 11 heteroatoms. The Kier molecular flexibility index (Phi) is 10.3. The summed E-state index contributed by atoms with van der Waals surface area (Å²) >= 11 is 7.83. The first-order valence-electron chi connectivity index (χ1n) is 12.9. The summed E-state index contributed by atoms with van der Waals surface area (Å²) in [6.07, 6.45) is 0. The zero-order chi connectivity index (χ0) is 30.2. The lowest BCUT2D eigenvalue weighted by Gasteiger charge is -2.14. The van der Waals surface area contributed by atoms with Crippen LogP contribution in [0.5, 0.6) is 0 Å². The summed E-state index contributed by atoms with van der Waals surface area (Å²) in [4.78, 5) is 40.0. The molecule has 0 aliphatic heterocycles. The van der Waals surface area contributed by atoms with Crippen molar-refractivity contribution in [3.05, 3.63) is 100 Å². The van der Waals surface area contributed by atoms with Crippen LogP contribution in [0.1, 0.15) is 38.1 Å². The molecule has 1 atom stereocenters. The first-order chi connectivity index (χ1) is 20.1. The van der Waals surface area contributed by atoms with Crippen LogP contribution in [-0.2, 0) is 9.53 Å². The molecule has 0 radical (unpaired) electrons. The topological polar surface area (TPSA) is 109 Å². The highest BCUT2D eigenvalue weighted by Crippen LogP contribution is 2.35. The molecule has 0 aliphatic rings. The van der Waals surface area contributed by atoms with Crippen LogP contribution in [0.3, 0.4) is 0 Å². The second-order valence-electron chi connectivity index (χ2n) is 9.29. The van der Waals surface area contributed by atoms with Gasteiger partial charge >= 0.3 is 5.97 Å². The minimum absolute atomic E-state index is 0.159. The van der Waals surface area contributed by atoms with Crippen molar-refractivity contribution in [3.8, 4) is 0 Å². The minimum atomic E-state index is -0.632. The van der Waals surface area contributed by atoms with Crippen LogP contribution in [0, 0.1) is 13.8 Å². The highest BCUT2D eigenvalue weighted by atomic mass is 32.2. The molecule has 216 valence electrons. The molecule has 2 amide bonds. The molecule has 1 aromatic heterocycles. The number of para-hydroxylation sites is 1. The molecule has 0 saturated carbocycles. The molecule has 4 N–H and O–H groups in total. The van der Waals surface area contributed by atoms with Crippen molar-refractivity contribution < 1.29 is 19.1 Å². The number of hydrogen-bond acceptors (Lipinski definition) is 7. The third-order valence-electron chi connectivity index (χ3n) is 6.09. The molecule has 4 rings (SSSR count). The van der Waals surface area contributed by atoms with Crippen molar-refractivity contribution in [2.24, 2.45) is 0 Å². The monoisotopic (exact) mass is 618 g/mol. The molecule has 4 aromatic rings. The van der Waals surface area contributed by atoms with E-state index in [1.807, 2.05) is 73.7 Å². The van der Waals surface area contributed by atoms with Crippen molar-refractivity contribution in [2.75, 3.05) is 28.4 Å². The van der Waals surface area contributed by atoms with Crippen LogP contribution >= 0.6 is 35.3 Å². The Morgan fingerprint density at radius 1 is 0.833 bits per heavy atom. The summed E-state index contributed by atoms with van der Waals surface area (Å²) in [6.45, 7) is 5.45. The van der Waals surface area contributed by atoms with Gasteiger partial charge in [0.2, 0.25) is 5.91 Å². The number of hydrogen-bond donors (Lipinski definition) is 4. The maximum absolute atomic E-state index is 13.2. The summed E-state index contributed by atoms with van der Waals surface area (Å²) in [5.74, 6) is -1.33. The first kappa shape index (κ1) is 30.8. The Morgan fingerprint density at radius 3 is 2.17 bits per heavy atom. The highest BCUT2D eigenvalue weighted by molar-refractivity contribution is 8.00. The van der Waals surface area contributed by atoms with Gasteiger partial charge in [-0.1, -0.05) is 42.0 Å². The summed E-state index contributed by atoms with van der Waals surface area (Å²) in [7, 11) is 1.26. The van der Waals surface area contributed by atoms with E-state index in [2.05, 4.69) is 21.3 Å². The van der Waals surface area contributed by atoms with Gasteiger partial charge in [-0.25, -0.2) is 4.79 Å². The molecule has 0 bridgehead atoms. The van der Waals surface area contributed by atoms with Crippen molar-refractivity contribution in [1.29, 1.82) is 0 Å². The van der Waals surface area contributed by atoms with Gasteiger partial charge in [-0.15, -0.1) is 23.1 Å². The SMILES string of the molecule is COC(=O)c1c(NC(=O)C(C)Sc2cccc(NC(=S)Nc3ccc(C)cc3)c2)sc(C(=O)Nc2ccccc2)c1C. The number of esters is 1. The van der Waals surface area contributed by atoms with Crippen LogP contribution in [0.25, 0.3) is 0 Å². The van der Waals surface area contributed by atoms with E-state index in [1.54, 1.807) is 26.0 Å². The van der Waals surface area contributed by atoms with Gasteiger partial charge < -0.3 is 26.0 Å². The van der Waals surface area contributed by atoms with Crippen LogP contribution in [0.2, 0.25) is 0 Å². The Hall–Kier alpha value is -4.19. The number of thiocarbonyl (C=S) groups is 1. The fraction of sp³-hybridized carbons (Fsp3) is 0.161. The van der Waals surface area contributed by atoms with Crippen molar-refractivity contribution in [1.82, 2.24) is 0 Å². The van der Waals surface area contributed by atoms with E-state index in [0.717, 1.165) is 33.2 Å². The number of thiophene rings is 1. The molecule has 0 saturated heterocycles. The normalized spacial score (nSPS) is 11.2. The molecule has 1 heterocycles. The van der Waals surface area contributed by atoms with Gasteiger partial charge in [0, 0.05) is 22.0 Å². The van der Waals surface area contributed by atoms with E-state index >= 15 is 0 Å². The largest absolute Gasteiger partial charge is 0.465 e. The zero-order valence-electron chi connectivity index (χ0n) is 23.4. The summed E-state index contributed by atoms with van der Waals surface area (Å²) in [5, 5.41) is 12.2. The molecule has 3 aromatic carbocycles. The van der Waals surface area contributed by atoms with Crippen LogP contribution in [0.4, 0.5) is 22.1 Å². The maximum atomic E-state index is 13.2. The number of aryl methyl sites for hydroxylation is 1. The Bertz CT molecular complexity index is 1600. The van der Waals surface area contributed by atoms with E-state index in [0.29, 0.717) is 21.2 Å². The van der Waals surface area contributed by atoms with Gasteiger partial charge in [0.05, 0.1) is 22.8 Å². The lowest BCUT2D eigenvalue weighted by atomic mass is 10.1. The third-order valence-corrected chi connectivity index (χ3v) is 8.60. The summed E-state index contributed by atoms with van der Waals surface area (Å²) < 4.78 is 4.95. The first-order valence-corrected chi connectivity index (χ1v) is 15.1. The summed E-state index contributed by atoms with van der Waals surface area (Å²) in [5.41, 5.74) is 4.02. The van der Waals surface area contributed by atoms with Gasteiger partial charge in [0.1, 0.15) is 5.00 Å². The van der Waals surface area contributed by atoms with E-state index < -0.39 is 11.2 Å². The fourth-order valence-corrected chi connectivity index (χ4v) is 6.18. The van der Waals surface area contributed by atoms with Gasteiger partial charge in [-0.2, -0.15) is 0 Å². The van der Waals surface area contributed by atoms with E-state index in [9.17, 15) is 14.4 Å². The number of anilines is 4. The third kappa shape index (κ3) is 7.96. The standard InChI is InChI=1S/C31H30N4O4S3/c1-18-13-15-22(16-14-18)33-31(40)34-23-11-8-12-24(17-23)41-20(3)27(36)35-29-25(30(38)39-4)19(2)26(42-29)28(37)32-21-9-6-5-7-10-21/h5-17,20H,1-4H3,(H,32,37)(H,35,36)(H2,33,34,40). The molecule has 8 nitrogen and oxygen atoms in total. The molecule has 42 heavy (non-hydrogen) atoms. The minimum Gasteiger partial charge on any atom is -0.465 e. The second kappa shape index (κ2) is 14.1. The number of methoxy groups -OCH3 is 1. The number of carbonyl (C=O) groups is 3. The molecule has 1 unspecified atom stereocenters. The van der Waals surface area contributed by atoms with Crippen LogP contribution in [-0.4, -0.2) is 35.3 Å². The molecule has 0 spiro atoms. The lowest BCUT2D eigenvalue weighted by Crippen LogP contribution is -2.23. The van der Waals surface area contributed by atoms with E-state index in [4.69, 9.17) is 17.0 Å². The van der Waals surface area contributed by atoms with Gasteiger partial charge in [0.25, 0.3) is 5.91 Å². The maximum Gasteiger partial charge on any atom is 0.341 e. The van der Waals surface area contributed by atoms with Gasteiger partial charge in [-0.3, -0.25) is 9.59 Å². The van der Waals surface area contributed by atoms with E-state index in [-0.39, 0.29) is 22.4 Å². The van der Waals surface area contributed by atoms with Crippen molar-refractivity contribution in [3.63, 3.8) is 0 Å². The average Bonchev–Trinajstić information content (AvgIpc) is 3.29. The number of amides is 2. The molecular weight excluding hydrogens is 589 g/mol. The van der Waals surface area contributed by atoms with Crippen LogP contribution in [0.15, 0.2) is 83.8 Å². The molecule has 0 fully saturated rings. The number of carbonyl (C=O) groups excluding carboxylic acids is 3. The predicted molar refractivity (Wildman–Crippen MR) is 176 cm³/mol. The van der Waals surface area contributed by atoms with Crippen LogP contribution < -0.4 is 21.3 Å². The summed E-state index contributed by atoms with van der Waals surface area (Å²) in [6, 6.07) is 24.5. The zero-order valence-corrected chi connectivity index (χ0v) is 25.9. The molecule has 0 aliphatic carbocycles. The second-order valence-corrected chi connectivity index (χ2v) is 12.1. The van der Waals surface area contributed by atoms with E-state index in [1.165, 1.54) is 18.9 Å². The highest BCUT2D eigenvalue weighted by Gasteiger charge is 2.27. The predicted octanol–water partition coefficient (Wildman–Crippen LogP) is 7.33. The lowest BCUT2D eigenvalue weighted by molar-refractivity contribution is -0.115. The number of rotatable bonds is 9. The van der Waals surface area contributed by atoms with Gasteiger partial charge in [0.15, 0.2) is 5.11 Å². The Balaban J connectivity index is 1.43. The molecular formula is C31H30N4O4S3. The van der Waals surface area contributed by atoms with Crippen molar-refractivity contribution in [2.45, 2.75) is 30.9 Å². The Morgan fingerprint density at radius 2 is 1.48 bits per heavy atom. The van der Waals surface area contributed by atoms with Gasteiger partial charge in [-0.05, 0) is 81.0 Å². The fourth-order valence-electron chi connectivity index (χ4n) is 3.92.